The van der Waals surface area contributed by atoms with Crippen LogP contribution in [0.25, 0.3) is 0 Å². The Kier molecular flexibility index (Phi) is 1.67. The van der Waals surface area contributed by atoms with Gasteiger partial charge in [0.1, 0.15) is 5.69 Å². The van der Waals surface area contributed by atoms with Crippen LogP contribution in [0.5, 0.6) is 0 Å². The van der Waals surface area contributed by atoms with Crippen LogP contribution in [0.4, 0.5) is 0 Å². The van der Waals surface area contributed by atoms with Gasteiger partial charge in [-0.25, -0.2) is 9.78 Å². The number of aromatic carboxylic acids is 1. The lowest BCUT2D eigenvalue weighted by atomic mass is 10.3. The number of nitrogens with zero attached hydrogens (tertiary/aromatic N) is 1. The fourth-order valence-electron chi connectivity index (χ4n) is 0.611. The molecule has 0 fully saturated rings. The fourth-order valence-corrected chi connectivity index (χ4v) is 0.611. The summed E-state index contributed by atoms with van der Waals surface area (Å²) >= 11 is 0. The Bertz CT molecular complexity index is 258. The highest BCUT2D eigenvalue weighted by Gasteiger charge is 2.01. The van der Waals surface area contributed by atoms with E-state index in [1.807, 2.05) is 0 Å². The smallest absolute Gasteiger partial charge is 0.354 e. The molecular weight excluding hydrogens is 130 g/mol. The average molecular weight is 136 g/mol. The Labute approximate surface area is 58.3 Å². The van der Waals surface area contributed by atoms with Gasteiger partial charge in [-0.2, -0.15) is 0 Å². The fraction of sp³-hybridized carbons (Fsp3) is 0.143. The van der Waals surface area contributed by atoms with Crippen LogP contribution in [0.1, 0.15) is 16.2 Å². The van der Waals surface area contributed by atoms with Crippen LogP contribution in [0, 0.1) is 13.0 Å². The highest BCUT2D eigenvalue weighted by atomic mass is 16.4. The first-order valence-corrected chi connectivity index (χ1v) is 2.79. The summed E-state index contributed by atoms with van der Waals surface area (Å²) in [6, 6.07) is 5.71. The molecule has 0 spiro atoms. The molecule has 1 aromatic rings. The van der Waals surface area contributed by atoms with E-state index in [9.17, 15) is 4.79 Å². The molecule has 0 unspecified atom stereocenters. The second kappa shape index (κ2) is 2.47. The van der Waals surface area contributed by atoms with Crippen LogP contribution < -0.4 is 0 Å². The monoisotopic (exact) mass is 136 g/mol. The number of aromatic nitrogens is 1. The highest BCUT2D eigenvalue weighted by molar-refractivity contribution is 5.85. The van der Waals surface area contributed by atoms with Gasteiger partial charge in [0, 0.05) is 11.8 Å². The zero-order valence-electron chi connectivity index (χ0n) is 5.46. The van der Waals surface area contributed by atoms with Crippen molar-refractivity contribution in [1.29, 1.82) is 0 Å². The summed E-state index contributed by atoms with van der Waals surface area (Å²) in [4.78, 5) is 14.0. The van der Waals surface area contributed by atoms with Crippen molar-refractivity contribution in [1.82, 2.24) is 4.98 Å². The molecule has 0 aliphatic heterocycles. The summed E-state index contributed by atoms with van der Waals surface area (Å²) in [6.45, 7) is 1.70. The molecule has 0 aliphatic carbocycles. The van der Waals surface area contributed by atoms with Crippen molar-refractivity contribution in [3.05, 3.63) is 29.6 Å². The van der Waals surface area contributed by atoms with Crippen LogP contribution in [0.2, 0.25) is 0 Å². The lowest BCUT2D eigenvalue weighted by Crippen LogP contribution is -2.00. The summed E-state index contributed by atoms with van der Waals surface area (Å²) in [6.07, 6.45) is 0. The molecule has 0 aliphatic rings. The summed E-state index contributed by atoms with van der Waals surface area (Å²) in [5.41, 5.74) is 0.663. The maximum atomic E-state index is 10.3. The number of carbonyl (C=O) groups is 1. The van der Waals surface area contributed by atoms with E-state index >= 15 is 0 Å². The first-order chi connectivity index (χ1) is 4.70. The molecule has 1 radical (unpaired) electrons. The van der Waals surface area contributed by atoms with Gasteiger partial charge in [0.25, 0.3) is 0 Å². The van der Waals surface area contributed by atoms with Gasteiger partial charge in [-0.15, -0.1) is 0 Å². The molecule has 0 bridgehead atoms. The predicted octanol–water partition coefficient (Wildman–Crippen LogP) is 0.888. The number of carboxylic acid groups (broad SMARTS) is 1. The largest absolute Gasteiger partial charge is 0.477 e. The van der Waals surface area contributed by atoms with Crippen molar-refractivity contribution >= 4 is 5.97 Å². The molecule has 0 saturated heterocycles. The van der Waals surface area contributed by atoms with Crippen molar-refractivity contribution < 1.29 is 9.90 Å². The number of pyridine rings is 1. The molecule has 3 heteroatoms. The van der Waals surface area contributed by atoms with Gasteiger partial charge in [-0.1, -0.05) is 6.07 Å². The number of hydrogen-bond acceptors (Lipinski definition) is 2. The number of hydrogen-bond donors (Lipinski definition) is 1. The zero-order chi connectivity index (χ0) is 7.56. The summed E-state index contributed by atoms with van der Waals surface area (Å²) in [5.74, 6) is -1.00. The van der Waals surface area contributed by atoms with Crippen molar-refractivity contribution in [2.45, 2.75) is 6.92 Å². The minimum atomic E-state index is -1.00. The molecule has 0 atom stereocenters. The standard InChI is InChI=1S/C7H6NO2/c1-5-3-2-4-6(8-5)7(9)10/h2,4H,1H3,(H,9,10). The van der Waals surface area contributed by atoms with Gasteiger partial charge in [-0.05, 0) is 13.0 Å². The molecule has 1 aromatic heterocycles. The summed E-state index contributed by atoms with van der Waals surface area (Å²) in [7, 11) is 0. The molecule has 3 nitrogen and oxygen atoms in total. The van der Waals surface area contributed by atoms with Gasteiger partial charge in [0.05, 0.1) is 0 Å². The molecule has 1 N–H and O–H groups in total. The van der Waals surface area contributed by atoms with Crippen molar-refractivity contribution in [3.63, 3.8) is 0 Å². The van der Waals surface area contributed by atoms with E-state index in [0.29, 0.717) is 5.69 Å². The molecule has 0 saturated carbocycles. The van der Waals surface area contributed by atoms with E-state index in [0.717, 1.165) is 0 Å². The molecule has 1 heterocycles. The minimum Gasteiger partial charge on any atom is -0.477 e. The average Bonchev–Trinajstić information content (AvgIpc) is 1.88. The first-order valence-electron chi connectivity index (χ1n) is 2.79. The first kappa shape index (κ1) is 6.74. The minimum absolute atomic E-state index is 0.0660. The Morgan fingerprint density at radius 1 is 1.80 bits per heavy atom. The van der Waals surface area contributed by atoms with Crippen molar-refractivity contribution in [2.24, 2.45) is 0 Å². The van der Waals surface area contributed by atoms with Crippen molar-refractivity contribution in [3.8, 4) is 0 Å². The van der Waals surface area contributed by atoms with Crippen LogP contribution in [0.15, 0.2) is 12.1 Å². The number of carboxylic acids is 1. The number of rotatable bonds is 1. The maximum Gasteiger partial charge on any atom is 0.354 e. The quantitative estimate of drug-likeness (QED) is 0.623. The Hall–Kier alpha value is -1.38. The molecule has 1 rings (SSSR count). The highest BCUT2D eigenvalue weighted by Crippen LogP contribution is 1.95. The lowest BCUT2D eigenvalue weighted by molar-refractivity contribution is 0.0690. The molecule has 0 aromatic carbocycles. The summed E-state index contributed by atoms with van der Waals surface area (Å²) in [5, 5.41) is 8.43. The van der Waals surface area contributed by atoms with Gasteiger partial charge in [-0.3, -0.25) is 0 Å². The van der Waals surface area contributed by atoms with E-state index in [1.54, 1.807) is 13.0 Å². The van der Waals surface area contributed by atoms with Gasteiger partial charge >= 0.3 is 5.97 Å². The lowest BCUT2D eigenvalue weighted by Gasteiger charge is -1.92. The third kappa shape index (κ3) is 1.31. The third-order valence-corrected chi connectivity index (χ3v) is 1.04. The summed E-state index contributed by atoms with van der Waals surface area (Å²) < 4.78 is 0. The Balaban J connectivity index is 3.07. The molecule has 0 amide bonds. The topological polar surface area (TPSA) is 50.2 Å². The van der Waals surface area contributed by atoms with Crippen LogP contribution in [0.3, 0.4) is 0 Å². The van der Waals surface area contributed by atoms with Gasteiger partial charge in [0.2, 0.25) is 0 Å². The number of aryl methyl sites for hydroxylation is 1. The van der Waals surface area contributed by atoms with E-state index in [4.69, 9.17) is 5.11 Å². The van der Waals surface area contributed by atoms with E-state index < -0.39 is 5.97 Å². The van der Waals surface area contributed by atoms with E-state index in [2.05, 4.69) is 11.1 Å². The van der Waals surface area contributed by atoms with Gasteiger partial charge < -0.3 is 5.11 Å². The maximum absolute atomic E-state index is 10.3. The van der Waals surface area contributed by atoms with E-state index in [-0.39, 0.29) is 5.69 Å². The SMILES string of the molecule is Cc1[c]ccc(C(=O)O)n1. The second-order valence-electron chi connectivity index (χ2n) is 1.87. The van der Waals surface area contributed by atoms with Crippen LogP contribution in [-0.2, 0) is 0 Å². The van der Waals surface area contributed by atoms with Gasteiger partial charge in [0.15, 0.2) is 0 Å². The normalized spacial score (nSPS) is 9.30. The van der Waals surface area contributed by atoms with E-state index in [1.165, 1.54) is 6.07 Å². The van der Waals surface area contributed by atoms with Crippen molar-refractivity contribution in [2.75, 3.05) is 0 Å². The van der Waals surface area contributed by atoms with Crippen LogP contribution in [-0.4, -0.2) is 16.1 Å². The Morgan fingerprint density at radius 2 is 2.50 bits per heavy atom. The predicted molar refractivity (Wildman–Crippen MR) is 34.8 cm³/mol. The third-order valence-electron chi connectivity index (χ3n) is 1.04. The zero-order valence-corrected chi connectivity index (χ0v) is 5.46. The molecular formula is C7H6NO2. The van der Waals surface area contributed by atoms with Crippen LogP contribution >= 0.6 is 0 Å². The second-order valence-corrected chi connectivity index (χ2v) is 1.87. The molecule has 51 valence electrons. The molecule has 10 heavy (non-hydrogen) atoms. The Morgan fingerprint density at radius 3 is 2.90 bits per heavy atom.